The summed E-state index contributed by atoms with van der Waals surface area (Å²) in [5.41, 5.74) is 0. The van der Waals surface area contributed by atoms with Crippen molar-refractivity contribution < 1.29 is 14.3 Å². The fourth-order valence-corrected chi connectivity index (χ4v) is 0.202. The van der Waals surface area contributed by atoms with E-state index >= 15 is 0 Å². The molecular formula is C4H12Al2O3. The summed E-state index contributed by atoms with van der Waals surface area (Å²) in [5, 5.41) is 0. The molecule has 0 atom stereocenters. The average molecular weight is 162 g/mol. The second-order valence-electron chi connectivity index (χ2n) is 1.09. The van der Waals surface area contributed by atoms with E-state index in [0.717, 1.165) is 0 Å². The molecule has 52 valence electrons. The van der Waals surface area contributed by atoms with Crippen LogP contribution < -0.4 is 0 Å². The Morgan fingerprint density at radius 3 is 1.22 bits per heavy atom. The van der Waals surface area contributed by atoms with E-state index in [1.54, 1.807) is 0 Å². The van der Waals surface area contributed by atoms with Crippen LogP contribution in [-0.4, -0.2) is 46.7 Å². The third kappa shape index (κ3) is 17.9. The Morgan fingerprint density at radius 1 is 1.00 bits per heavy atom. The highest BCUT2D eigenvalue weighted by Crippen LogP contribution is 1.73. The first-order chi connectivity index (χ1) is 3.13. The van der Waals surface area contributed by atoms with Crippen LogP contribution in [0.25, 0.3) is 0 Å². The van der Waals surface area contributed by atoms with Crippen LogP contribution in [0.4, 0.5) is 0 Å². The van der Waals surface area contributed by atoms with Gasteiger partial charge in [-0.2, -0.15) is 0 Å². The summed E-state index contributed by atoms with van der Waals surface area (Å²) >= 11 is 0. The highest BCUT2D eigenvalue weighted by molar-refractivity contribution is 5.82. The topological polar surface area (TPSA) is 43.4 Å². The number of hydrogen-bond donors (Lipinski definition) is 0. The predicted octanol–water partition coefficient (Wildman–Crippen LogP) is -2.27. The third-order valence-electron chi connectivity index (χ3n) is 0.287. The molecule has 0 aromatic carbocycles. The minimum Gasteiger partial charge on any atom is -0.394 e. The van der Waals surface area contributed by atoms with Crippen molar-refractivity contribution in [2.24, 2.45) is 0 Å². The molecule has 0 aromatic rings. The van der Waals surface area contributed by atoms with Gasteiger partial charge in [0, 0.05) is 13.8 Å². The SMILES string of the molecule is CC(=O)OC(C)=O.[AlH3].[AlH3]. The molecule has 0 bridgehead atoms. The Morgan fingerprint density at radius 2 is 1.22 bits per heavy atom. The first-order valence-electron chi connectivity index (χ1n) is 1.82. The second kappa shape index (κ2) is 8.20. The van der Waals surface area contributed by atoms with Crippen LogP contribution in [0.15, 0.2) is 0 Å². The fourth-order valence-electron chi connectivity index (χ4n) is 0.202. The van der Waals surface area contributed by atoms with Gasteiger partial charge in [-0.15, -0.1) is 0 Å². The monoisotopic (exact) mass is 162 g/mol. The van der Waals surface area contributed by atoms with Gasteiger partial charge in [0.05, 0.1) is 0 Å². The molecule has 0 saturated carbocycles. The second-order valence-corrected chi connectivity index (χ2v) is 1.09. The molecule has 0 aliphatic rings. The summed E-state index contributed by atoms with van der Waals surface area (Å²) in [5.74, 6) is -1.12. The van der Waals surface area contributed by atoms with Gasteiger partial charge in [-0.1, -0.05) is 0 Å². The van der Waals surface area contributed by atoms with Crippen LogP contribution in [0.3, 0.4) is 0 Å². The Labute approximate surface area is 75.0 Å². The lowest BCUT2D eigenvalue weighted by atomic mass is 10.7. The fraction of sp³-hybridized carbons (Fsp3) is 0.500. The number of esters is 2. The van der Waals surface area contributed by atoms with E-state index in [2.05, 4.69) is 4.74 Å². The van der Waals surface area contributed by atoms with Crippen molar-refractivity contribution in [3.8, 4) is 0 Å². The summed E-state index contributed by atoms with van der Waals surface area (Å²) in [4.78, 5) is 19.6. The molecule has 0 N–H and O–H groups in total. The van der Waals surface area contributed by atoms with E-state index in [0.29, 0.717) is 0 Å². The summed E-state index contributed by atoms with van der Waals surface area (Å²) < 4.78 is 3.97. The van der Waals surface area contributed by atoms with E-state index in [1.165, 1.54) is 13.8 Å². The van der Waals surface area contributed by atoms with E-state index in [9.17, 15) is 9.59 Å². The number of carbonyl (C=O) groups is 2. The van der Waals surface area contributed by atoms with Gasteiger partial charge in [-0.05, 0) is 0 Å². The average Bonchev–Trinajstić information content (AvgIpc) is 1.27. The maximum atomic E-state index is 9.81. The summed E-state index contributed by atoms with van der Waals surface area (Å²) in [6.45, 7) is 2.36. The van der Waals surface area contributed by atoms with E-state index in [-0.39, 0.29) is 34.7 Å². The smallest absolute Gasteiger partial charge is 0.310 e. The number of carbonyl (C=O) groups excluding carboxylic acids is 2. The van der Waals surface area contributed by atoms with Gasteiger partial charge in [0.1, 0.15) is 0 Å². The maximum absolute atomic E-state index is 9.81. The van der Waals surface area contributed by atoms with E-state index in [1.807, 2.05) is 0 Å². The quantitative estimate of drug-likeness (QED) is 0.229. The van der Waals surface area contributed by atoms with Crippen molar-refractivity contribution in [3.05, 3.63) is 0 Å². The summed E-state index contributed by atoms with van der Waals surface area (Å²) in [6.07, 6.45) is 0. The standard InChI is InChI=1S/C4H6O3.2Al.6H/c1-3(5)7-4(2)6;;;;;;;;/h1-2H3;;;;;;;;. The lowest BCUT2D eigenvalue weighted by Crippen LogP contribution is -2.03. The summed E-state index contributed by atoms with van der Waals surface area (Å²) in [7, 11) is 0. The molecule has 9 heavy (non-hydrogen) atoms. The lowest BCUT2D eigenvalue weighted by molar-refractivity contribution is -0.156. The highest BCUT2D eigenvalue weighted by Gasteiger charge is 1.93. The Balaban J connectivity index is -0.000000180. The summed E-state index contributed by atoms with van der Waals surface area (Å²) in [6, 6.07) is 0. The lowest BCUT2D eigenvalue weighted by Gasteiger charge is -1.87. The molecule has 0 heterocycles. The first kappa shape index (κ1) is 16.1. The molecule has 0 spiro atoms. The van der Waals surface area contributed by atoms with Gasteiger partial charge >= 0.3 is 11.9 Å². The van der Waals surface area contributed by atoms with Gasteiger partial charge in [-0.25, -0.2) is 0 Å². The number of rotatable bonds is 0. The number of hydrogen-bond acceptors (Lipinski definition) is 3. The van der Waals surface area contributed by atoms with Crippen LogP contribution >= 0.6 is 0 Å². The van der Waals surface area contributed by atoms with Crippen molar-refractivity contribution in [3.63, 3.8) is 0 Å². The van der Waals surface area contributed by atoms with Gasteiger partial charge in [0.2, 0.25) is 0 Å². The molecule has 0 rings (SSSR count). The Kier molecular flexibility index (Phi) is 14.7. The predicted molar refractivity (Wildman–Crippen MR) is 42.3 cm³/mol. The van der Waals surface area contributed by atoms with Crippen molar-refractivity contribution in [1.29, 1.82) is 0 Å². The molecule has 0 radical (unpaired) electrons. The maximum Gasteiger partial charge on any atom is 0.310 e. The van der Waals surface area contributed by atoms with Gasteiger partial charge in [0.15, 0.2) is 34.7 Å². The van der Waals surface area contributed by atoms with Crippen molar-refractivity contribution in [2.75, 3.05) is 0 Å². The van der Waals surface area contributed by atoms with Gasteiger partial charge < -0.3 is 4.74 Å². The van der Waals surface area contributed by atoms with Crippen molar-refractivity contribution in [1.82, 2.24) is 0 Å². The van der Waals surface area contributed by atoms with Crippen molar-refractivity contribution in [2.45, 2.75) is 13.8 Å². The van der Waals surface area contributed by atoms with Crippen LogP contribution in [0.1, 0.15) is 13.8 Å². The molecule has 0 unspecified atom stereocenters. The van der Waals surface area contributed by atoms with E-state index < -0.39 is 11.9 Å². The molecule has 0 aliphatic heterocycles. The van der Waals surface area contributed by atoms with Crippen LogP contribution in [-0.2, 0) is 14.3 Å². The Hall–Kier alpha value is 0.205. The first-order valence-corrected chi connectivity index (χ1v) is 1.82. The molecular weight excluding hydrogens is 150 g/mol. The largest absolute Gasteiger partial charge is 0.394 e. The Bertz CT molecular complexity index is 90.0. The molecule has 0 aromatic heterocycles. The molecule has 3 nitrogen and oxygen atoms in total. The van der Waals surface area contributed by atoms with Gasteiger partial charge in [-0.3, -0.25) is 9.59 Å². The van der Waals surface area contributed by atoms with Crippen LogP contribution in [0.5, 0.6) is 0 Å². The van der Waals surface area contributed by atoms with E-state index in [4.69, 9.17) is 0 Å². The minimum absolute atomic E-state index is 0. The molecule has 0 saturated heterocycles. The highest BCUT2D eigenvalue weighted by atomic mass is 27.0. The van der Waals surface area contributed by atoms with Crippen LogP contribution in [0, 0.1) is 0 Å². The third-order valence-corrected chi connectivity index (χ3v) is 0.287. The zero-order chi connectivity index (χ0) is 5.86. The zero-order valence-electron chi connectivity index (χ0n) is 4.22. The normalized spacial score (nSPS) is 6.00. The molecule has 0 fully saturated rings. The van der Waals surface area contributed by atoms with Crippen molar-refractivity contribution >= 4 is 46.7 Å². The van der Waals surface area contributed by atoms with Crippen LogP contribution in [0.2, 0.25) is 0 Å². The zero-order valence-corrected chi connectivity index (χ0v) is 4.22. The van der Waals surface area contributed by atoms with Gasteiger partial charge in [0.25, 0.3) is 0 Å². The molecule has 5 heteroatoms. The minimum atomic E-state index is -0.562. The number of ether oxygens (including phenoxy) is 1. The molecule has 0 aliphatic carbocycles. The molecule has 0 amide bonds.